The molecule has 0 unspecified atom stereocenters. The van der Waals surface area contributed by atoms with Crippen LogP contribution < -0.4 is 0 Å². The first-order valence-electron chi connectivity index (χ1n) is 0. The van der Waals surface area contributed by atoms with Gasteiger partial charge in [0.15, 0.2) is 34.7 Å². The maximum Gasteiger partial charge on any atom is 0.187 e. The van der Waals surface area contributed by atoms with Gasteiger partial charge in [-0.1, -0.05) is 0 Å². The Bertz CT molecular complexity index is 6.00. The van der Waals surface area contributed by atoms with Crippen molar-refractivity contribution in [1.82, 2.24) is 0 Å². The first-order chi connectivity index (χ1) is 0. The predicted molar refractivity (Wildman–Crippen MR) is 25.6 cm³/mol. The summed E-state index contributed by atoms with van der Waals surface area (Å²) >= 11 is 0. The molecule has 0 aromatic rings. The predicted octanol–water partition coefficient (Wildman–Crippen LogP) is -2.75. The van der Waals surface area contributed by atoms with Crippen molar-refractivity contribution in [2.24, 2.45) is 0 Å². The molecule has 23 valence electrons. The quantitative estimate of drug-likeness (QED) is 0.309. The van der Waals surface area contributed by atoms with E-state index in [-0.39, 0.29) is 60.2 Å². The third-order valence-electron chi connectivity index (χ3n) is 0. The molecule has 0 spiro atoms. The van der Waals surface area contributed by atoms with Crippen LogP contribution in [0.4, 0.5) is 0 Å². The van der Waals surface area contributed by atoms with Gasteiger partial charge in [0.1, 0.15) is 0 Å². The monoisotopic (exact) mass is 127 g/mol. The molecule has 4 heteroatoms. The normalized spacial score (nSPS) is 0. The van der Waals surface area contributed by atoms with Gasteiger partial charge >= 0.3 is 0 Å². The second-order valence-electron chi connectivity index (χ2n) is 0. The zero-order valence-electron chi connectivity index (χ0n) is 0.931. The van der Waals surface area contributed by atoms with Crippen molar-refractivity contribution in [3.05, 3.63) is 0 Å². The summed E-state index contributed by atoms with van der Waals surface area (Å²) < 4.78 is 0. The summed E-state index contributed by atoms with van der Waals surface area (Å²) in [4.78, 5) is 0. The molecule has 0 atom stereocenters. The van der Waals surface area contributed by atoms with Crippen molar-refractivity contribution >= 4 is 43.1 Å². The summed E-state index contributed by atoms with van der Waals surface area (Å²) in [6, 6.07) is 0. The molecule has 0 aliphatic heterocycles. The van der Waals surface area contributed by atoms with E-state index in [1.165, 1.54) is 0 Å². The summed E-state index contributed by atoms with van der Waals surface area (Å²) in [6.07, 6.45) is 0. The van der Waals surface area contributed by atoms with Crippen LogP contribution in [0, 0.1) is 0 Å². The van der Waals surface area contributed by atoms with E-state index < -0.39 is 0 Å². The van der Waals surface area contributed by atoms with Crippen LogP contribution in [-0.2, 0) is 17.1 Å². The average molecular weight is 127 g/mol. The van der Waals surface area contributed by atoms with Crippen LogP contribution in [-0.4, -0.2) is 43.1 Å². The molecule has 0 aliphatic rings. The molecule has 0 fully saturated rings. The van der Waals surface area contributed by atoms with Crippen LogP contribution in [0.2, 0.25) is 0 Å². The van der Waals surface area contributed by atoms with Gasteiger partial charge in [0, 0.05) is 25.5 Å². The van der Waals surface area contributed by atoms with Crippen molar-refractivity contribution in [3.63, 3.8) is 0 Å². The van der Waals surface area contributed by atoms with Crippen LogP contribution in [0.5, 0.6) is 0 Å². The molecule has 0 aromatic heterocycles. The summed E-state index contributed by atoms with van der Waals surface area (Å²) in [5.41, 5.74) is 0. The Kier molecular flexibility index (Phi) is 255. The molecular formula is H6Al2BFe. The number of hydrogen-bond acceptors (Lipinski definition) is 0. The van der Waals surface area contributed by atoms with Gasteiger partial charge in [-0.05, 0) is 0 Å². The summed E-state index contributed by atoms with van der Waals surface area (Å²) in [5.74, 6) is 0. The molecule has 0 saturated carbocycles. The fraction of sp³-hybridized carbons (Fsp3) is 0. The summed E-state index contributed by atoms with van der Waals surface area (Å²) in [5, 5.41) is 0. The molecule has 0 amide bonds. The van der Waals surface area contributed by atoms with E-state index in [1.807, 2.05) is 0 Å². The minimum absolute atomic E-state index is 0. The topological polar surface area (TPSA) is 0 Å². The van der Waals surface area contributed by atoms with Crippen molar-refractivity contribution in [2.45, 2.75) is 0 Å². The van der Waals surface area contributed by atoms with Gasteiger partial charge in [0.25, 0.3) is 0 Å². The van der Waals surface area contributed by atoms with E-state index >= 15 is 0 Å². The van der Waals surface area contributed by atoms with Gasteiger partial charge in [0.05, 0.1) is 0 Å². The maximum absolute atomic E-state index is 0. The van der Waals surface area contributed by atoms with Gasteiger partial charge < -0.3 is 0 Å². The Morgan fingerprint density at radius 2 is 0.750 bits per heavy atom. The Morgan fingerprint density at radius 1 is 0.750 bits per heavy atom. The Labute approximate surface area is 60.0 Å². The zero-order chi connectivity index (χ0) is 0. The van der Waals surface area contributed by atoms with E-state index in [1.54, 1.807) is 0 Å². The van der Waals surface area contributed by atoms with Crippen molar-refractivity contribution in [1.29, 1.82) is 0 Å². The molecular weight excluding hydrogens is 121 g/mol. The molecule has 0 aromatic carbocycles. The Balaban J connectivity index is 0. The second kappa shape index (κ2) is 22.8. The van der Waals surface area contributed by atoms with E-state index in [4.69, 9.17) is 0 Å². The van der Waals surface area contributed by atoms with Crippen LogP contribution >= 0.6 is 0 Å². The van der Waals surface area contributed by atoms with Crippen molar-refractivity contribution < 1.29 is 17.1 Å². The average Bonchev–Trinajstić information content (AvgIpc) is 0. The Hall–Kier alpha value is 1.65. The Morgan fingerprint density at radius 3 is 0.750 bits per heavy atom. The molecule has 0 N–H and O–H groups in total. The van der Waals surface area contributed by atoms with E-state index in [2.05, 4.69) is 0 Å². The summed E-state index contributed by atoms with van der Waals surface area (Å²) in [6.45, 7) is 0. The van der Waals surface area contributed by atoms with E-state index in [0.717, 1.165) is 0 Å². The largest absolute Gasteiger partial charge is 0.187 e. The third kappa shape index (κ3) is 9.42. The van der Waals surface area contributed by atoms with E-state index in [9.17, 15) is 0 Å². The first-order valence-corrected chi connectivity index (χ1v) is 0. The second-order valence-corrected chi connectivity index (χ2v) is 0. The van der Waals surface area contributed by atoms with Crippen LogP contribution in [0.1, 0.15) is 0 Å². The molecule has 0 bridgehead atoms. The molecule has 0 nitrogen and oxygen atoms in total. The fourth-order valence-corrected chi connectivity index (χ4v) is 0. The third-order valence-corrected chi connectivity index (χ3v) is 0. The fourth-order valence-electron chi connectivity index (χ4n) is 0. The summed E-state index contributed by atoms with van der Waals surface area (Å²) in [7, 11) is 0. The molecule has 4 heavy (non-hydrogen) atoms. The smallest absolute Gasteiger partial charge is 0 e. The first kappa shape index (κ1) is 44.9. The van der Waals surface area contributed by atoms with Gasteiger partial charge in [-0.2, -0.15) is 0 Å². The van der Waals surface area contributed by atoms with Gasteiger partial charge in [0.2, 0.25) is 0 Å². The minimum atomic E-state index is 0. The van der Waals surface area contributed by atoms with Gasteiger partial charge in [-0.3, -0.25) is 0 Å². The SMILES string of the molecule is [AlH3].[AlH3].[B].[Fe]. The molecule has 3 radical (unpaired) electrons. The van der Waals surface area contributed by atoms with Crippen LogP contribution in [0.3, 0.4) is 0 Å². The van der Waals surface area contributed by atoms with Crippen LogP contribution in [0.15, 0.2) is 0 Å². The molecule has 0 rings (SSSR count). The maximum atomic E-state index is 0. The van der Waals surface area contributed by atoms with Crippen molar-refractivity contribution in [3.8, 4) is 0 Å². The molecule has 0 heterocycles. The van der Waals surface area contributed by atoms with Gasteiger partial charge in [-0.25, -0.2) is 0 Å². The standard InChI is InChI=1S/2Al.B.Fe.6H. The van der Waals surface area contributed by atoms with E-state index in [0.29, 0.717) is 0 Å². The minimum Gasteiger partial charge on any atom is 0 e. The van der Waals surface area contributed by atoms with Gasteiger partial charge in [-0.15, -0.1) is 0 Å². The number of rotatable bonds is 0. The number of hydrogen-bond donors (Lipinski definition) is 0. The molecule has 0 aliphatic carbocycles. The van der Waals surface area contributed by atoms with Crippen molar-refractivity contribution in [2.75, 3.05) is 0 Å². The van der Waals surface area contributed by atoms with Crippen LogP contribution in [0.25, 0.3) is 0 Å². The zero-order valence-corrected chi connectivity index (χ0v) is 2.04. The molecule has 0 saturated heterocycles.